The molecule has 0 radical (unpaired) electrons. The number of likely N-dealkylation sites (tertiary alicyclic amines) is 1. The minimum absolute atomic E-state index is 0.154. The minimum atomic E-state index is -4.42. The Kier molecular flexibility index (Phi) is 4.90. The molecule has 1 saturated heterocycles. The predicted molar refractivity (Wildman–Crippen MR) is 93.9 cm³/mol. The zero-order valence-corrected chi connectivity index (χ0v) is 14.2. The van der Waals surface area contributed by atoms with Gasteiger partial charge in [0.25, 0.3) is 0 Å². The first-order chi connectivity index (χ1) is 11.9. The first-order valence-electron chi connectivity index (χ1n) is 8.36. The third kappa shape index (κ3) is 3.58. The maximum atomic E-state index is 13.5. The van der Waals surface area contributed by atoms with Crippen molar-refractivity contribution in [2.45, 2.75) is 31.6 Å². The van der Waals surface area contributed by atoms with E-state index in [1.165, 1.54) is 6.07 Å². The summed E-state index contributed by atoms with van der Waals surface area (Å²) in [5.74, 6) is 0. The molecule has 2 heterocycles. The number of nitrogens with one attached hydrogen (secondary N) is 1. The normalized spacial score (nSPS) is 18.5. The van der Waals surface area contributed by atoms with Crippen molar-refractivity contribution in [2.24, 2.45) is 0 Å². The maximum Gasteiger partial charge on any atom is 0.418 e. The summed E-state index contributed by atoms with van der Waals surface area (Å²) in [6, 6.07) is 8.30. The second kappa shape index (κ2) is 6.96. The molecule has 0 bridgehead atoms. The molecule has 1 fully saturated rings. The number of aromatic nitrogens is 1. The molecule has 1 aliphatic rings. The Morgan fingerprint density at radius 1 is 1.32 bits per heavy atom. The SMILES string of the molecule is C=CC1CCCN1Cc1cccn1-c1ccc(NC)cc1C(F)(F)F. The fourth-order valence-electron chi connectivity index (χ4n) is 3.43. The molecule has 1 atom stereocenters. The molecule has 0 spiro atoms. The average molecular weight is 349 g/mol. The molecule has 0 amide bonds. The Morgan fingerprint density at radius 2 is 2.12 bits per heavy atom. The highest BCUT2D eigenvalue weighted by molar-refractivity contribution is 5.55. The molecule has 1 N–H and O–H groups in total. The van der Waals surface area contributed by atoms with Crippen LogP contribution in [0.1, 0.15) is 24.1 Å². The molecule has 1 aromatic heterocycles. The van der Waals surface area contributed by atoms with Gasteiger partial charge < -0.3 is 9.88 Å². The van der Waals surface area contributed by atoms with Gasteiger partial charge in [0.15, 0.2) is 0 Å². The van der Waals surface area contributed by atoms with Crippen molar-refractivity contribution >= 4 is 5.69 Å². The number of halogens is 3. The topological polar surface area (TPSA) is 20.2 Å². The second-order valence-electron chi connectivity index (χ2n) is 6.26. The lowest BCUT2D eigenvalue weighted by Gasteiger charge is -2.23. The monoisotopic (exact) mass is 349 g/mol. The molecule has 3 nitrogen and oxygen atoms in total. The van der Waals surface area contributed by atoms with Crippen LogP contribution in [0.4, 0.5) is 18.9 Å². The molecule has 2 aromatic rings. The molecule has 0 saturated carbocycles. The average Bonchev–Trinajstić information content (AvgIpc) is 3.23. The summed E-state index contributed by atoms with van der Waals surface area (Å²) >= 11 is 0. The van der Waals surface area contributed by atoms with Gasteiger partial charge in [-0.1, -0.05) is 6.08 Å². The van der Waals surface area contributed by atoms with E-state index >= 15 is 0 Å². The first kappa shape index (κ1) is 17.6. The van der Waals surface area contributed by atoms with Crippen LogP contribution in [-0.4, -0.2) is 29.1 Å². The van der Waals surface area contributed by atoms with E-state index in [9.17, 15) is 13.2 Å². The van der Waals surface area contributed by atoms with E-state index in [0.29, 0.717) is 12.2 Å². The third-order valence-corrected chi connectivity index (χ3v) is 4.73. The third-order valence-electron chi connectivity index (χ3n) is 4.73. The fraction of sp³-hybridized carbons (Fsp3) is 0.368. The molecule has 1 aliphatic heterocycles. The Balaban J connectivity index is 1.98. The van der Waals surface area contributed by atoms with Crippen molar-refractivity contribution in [1.82, 2.24) is 9.47 Å². The van der Waals surface area contributed by atoms with Gasteiger partial charge in [-0.25, -0.2) is 0 Å². The van der Waals surface area contributed by atoms with Crippen LogP contribution in [0.2, 0.25) is 0 Å². The molecule has 0 aliphatic carbocycles. The van der Waals surface area contributed by atoms with Crippen LogP contribution in [-0.2, 0) is 12.7 Å². The maximum absolute atomic E-state index is 13.5. The highest BCUT2D eigenvalue weighted by Crippen LogP contribution is 2.36. The lowest BCUT2D eigenvalue weighted by molar-refractivity contribution is -0.137. The highest BCUT2D eigenvalue weighted by atomic mass is 19.4. The van der Waals surface area contributed by atoms with Crippen molar-refractivity contribution in [3.8, 4) is 5.69 Å². The van der Waals surface area contributed by atoms with Gasteiger partial charge >= 0.3 is 6.18 Å². The van der Waals surface area contributed by atoms with Crippen molar-refractivity contribution in [3.63, 3.8) is 0 Å². The lowest BCUT2D eigenvalue weighted by atomic mass is 10.1. The summed E-state index contributed by atoms with van der Waals surface area (Å²) in [6.45, 7) is 5.41. The van der Waals surface area contributed by atoms with E-state index < -0.39 is 11.7 Å². The van der Waals surface area contributed by atoms with Gasteiger partial charge in [0.1, 0.15) is 0 Å². The Labute approximate surface area is 145 Å². The Bertz CT molecular complexity index is 749. The van der Waals surface area contributed by atoms with E-state index in [0.717, 1.165) is 31.1 Å². The van der Waals surface area contributed by atoms with E-state index in [2.05, 4.69) is 16.8 Å². The van der Waals surface area contributed by atoms with E-state index in [1.54, 1.807) is 29.9 Å². The molecule has 6 heteroatoms. The van der Waals surface area contributed by atoms with Crippen molar-refractivity contribution in [3.05, 3.63) is 60.4 Å². The van der Waals surface area contributed by atoms with Gasteiger partial charge in [0, 0.05) is 37.2 Å². The van der Waals surface area contributed by atoms with Gasteiger partial charge in [-0.15, -0.1) is 6.58 Å². The molecule has 25 heavy (non-hydrogen) atoms. The molecule has 1 aromatic carbocycles. The molecule has 134 valence electrons. The lowest BCUT2D eigenvalue weighted by Crippen LogP contribution is -2.28. The summed E-state index contributed by atoms with van der Waals surface area (Å²) < 4.78 is 42.3. The van der Waals surface area contributed by atoms with Crippen molar-refractivity contribution < 1.29 is 13.2 Å². The largest absolute Gasteiger partial charge is 0.418 e. The summed E-state index contributed by atoms with van der Waals surface area (Å²) in [4.78, 5) is 2.26. The zero-order valence-electron chi connectivity index (χ0n) is 14.2. The van der Waals surface area contributed by atoms with Crippen LogP contribution in [0.3, 0.4) is 0 Å². The van der Waals surface area contributed by atoms with Crippen LogP contribution >= 0.6 is 0 Å². The fourth-order valence-corrected chi connectivity index (χ4v) is 3.43. The highest BCUT2D eigenvalue weighted by Gasteiger charge is 2.34. The quantitative estimate of drug-likeness (QED) is 0.791. The van der Waals surface area contributed by atoms with Crippen LogP contribution in [0, 0.1) is 0 Å². The van der Waals surface area contributed by atoms with Gasteiger partial charge in [0.05, 0.1) is 11.3 Å². The van der Waals surface area contributed by atoms with E-state index in [4.69, 9.17) is 0 Å². The van der Waals surface area contributed by atoms with E-state index in [1.807, 2.05) is 12.1 Å². The molecule has 3 rings (SSSR count). The number of rotatable bonds is 5. The van der Waals surface area contributed by atoms with Crippen LogP contribution in [0.25, 0.3) is 5.69 Å². The molecular weight excluding hydrogens is 327 g/mol. The second-order valence-corrected chi connectivity index (χ2v) is 6.26. The number of anilines is 1. The number of benzene rings is 1. The van der Waals surface area contributed by atoms with Crippen LogP contribution in [0.5, 0.6) is 0 Å². The van der Waals surface area contributed by atoms with Gasteiger partial charge in [-0.3, -0.25) is 4.90 Å². The van der Waals surface area contributed by atoms with Crippen LogP contribution in [0.15, 0.2) is 49.2 Å². The van der Waals surface area contributed by atoms with Gasteiger partial charge in [-0.2, -0.15) is 13.2 Å². The number of hydrogen-bond donors (Lipinski definition) is 1. The summed E-state index contributed by atoms with van der Waals surface area (Å²) in [7, 11) is 1.61. The number of alkyl halides is 3. The molecular formula is C19H22F3N3. The predicted octanol–water partition coefficient (Wildman–Crippen LogP) is 4.69. The Morgan fingerprint density at radius 3 is 2.80 bits per heavy atom. The zero-order chi connectivity index (χ0) is 18.0. The van der Waals surface area contributed by atoms with Crippen molar-refractivity contribution in [1.29, 1.82) is 0 Å². The van der Waals surface area contributed by atoms with Crippen LogP contribution < -0.4 is 5.32 Å². The number of nitrogens with zero attached hydrogens (tertiary/aromatic N) is 2. The van der Waals surface area contributed by atoms with Gasteiger partial charge in [-0.05, 0) is 49.7 Å². The smallest absolute Gasteiger partial charge is 0.388 e. The standard InChI is InChI=1S/C19H22F3N3/c1-3-15-6-4-10-24(15)13-16-7-5-11-25(16)18-9-8-14(23-2)12-17(18)19(20,21)22/h3,5,7-9,11-12,15,23H,1,4,6,10,13H2,2H3. The summed E-state index contributed by atoms with van der Waals surface area (Å²) in [5, 5.41) is 2.77. The van der Waals surface area contributed by atoms with Gasteiger partial charge in [0.2, 0.25) is 0 Å². The number of hydrogen-bond acceptors (Lipinski definition) is 2. The first-order valence-corrected chi connectivity index (χ1v) is 8.36. The molecule has 1 unspecified atom stereocenters. The summed E-state index contributed by atoms with van der Waals surface area (Å²) in [6.07, 6.45) is 1.33. The minimum Gasteiger partial charge on any atom is -0.388 e. The summed E-state index contributed by atoms with van der Waals surface area (Å²) in [5.41, 5.74) is 0.798. The van der Waals surface area contributed by atoms with E-state index in [-0.39, 0.29) is 11.7 Å². The van der Waals surface area contributed by atoms with Crippen molar-refractivity contribution in [2.75, 3.05) is 18.9 Å². The Hall–Kier alpha value is -2.21.